The summed E-state index contributed by atoms with van der Waals surface area (Å²) in [5, 5.41) is 5.61. The summed E-state index contributed by atoms with van der Waals surface area (Å²) < 4.78 is 1.84. The van der Waals surface area contributed by atoms with Crippen LogP contribution in [0.15, 0.2) is 30.6 Å². The lowest BCUT2D eigenvalue weighted by atomic mass is 10.0. The lowest BCUT2D eigenvalue weighted by Crippen LogP contribution is -1.95. The van der Waals surface area contributed by atoms with Crippen LogP contribution in [0.5, 0.6) is 0 Å². The molecule has 1 heterocycles. The zero-order chi connectivity index (χ0) is 10.8. The molecule has 0 amide bonds. The molecule has 15 heavy (non-hydrogen) atoms. The number of aryl methyl sites for hydroxylation is 2. The molecule has 2 nitrogen and oxygen atoms in total. The molecule has 0 aliphatic rings. The van der Waals surface area contributed by atoms with E-state index in [0.29, 0.717) is 0 Å². The maximum atomic E-state index is 4.21. The fourth-order valence-electron chi connectivity index (χ4n) is 1.65. The van der Waals surface area contributed by atoms with Crippen LogP contribution in [-0.4, -0.2) is 16.4 Å². The van der Waals surface area contributed by atoms with Crippen molar-refractivity contribution in [1.29, 1.82) is 0 Å². The highest BCUT2D eigenvalue weighted by Gasteiger charge is 2.04. The van der Waals surface area contributed by atoms with Crippen LogP contribution in [0.4, 0.5) is 0 Å². The van der Waals surface area contributed by atoms with E-state index >= 15 is 0 Å². The zero-order valence-corrected chi connectivity index (χ0v) is 10.3. The molecule has 1 aromatic heterocycles. The highest BCUT2D eigenvalue weighted by atomic mass is 31.1. The molecule has 1 aromatic carbocycles. The van der Waals surface area contributed by atoms with Crippen molar-refractivity contribution in [3.8, 4) is 11.1 Å². The predicted octanol–water partition coefficient (Wildman–Crippen LogP) is 2.33. The van der Waals surface area contributed by atoms with E-state index in [0.717, 1.165) is 8.58 Å². The van der Waals surface area contributed by atoms with Gasteiger partial charge in [0.25, 0.3) is 0 Å². The van der Waals surface area contributed by atoms with Gasteiger partial charge in [-0.05, 0) is 36.1 Å². The molecule has 2 rings (SSSR count). The van der Waals surface area contributed by atoms with Crippen molar-refractivity contribution in [2.45, 2.75) is 6.92 Å². The Labute approximate surface area is 92.1 Å². The standard InChI is InChI=1S/C12H15N2P/c1-9-4-5-11(15-3)6-12(9)10-7-13-14(2)8-10/h4-8,15H,1-3H3. The van der Waals surface area contributed by atoms with E-state index in [9.17, 15) is 0 Å². The first kappa shape index (κ1) is 10.4. The van der Waals surface area contributed by atoms with Gasteiger partial charge in [0.15, 0.2) is 0 Å². The monoisotopic (exact) mass is 218 g/mol. The van der Waals surface area contributed by atoms with Gasteiger partial charge in [-0.1, -0.05) is 20.7 Å². The molecular weight excluding hydrogens is 203 g/mol. The number of benzene rings is 1. The van der Waals surface area contributed by atoms with Gasteiger partial charge in [-0.2, -0.15) is 5.10 Å². The molecule has 1 unspecified atom stereocenters. The molecule has 0 radical (unpaired) electrons. The van der Waals surface area contributed by atoms with Gasteiger partial charge in [0.1, 0.15) is 0 Å². The average molecular weight is 218 g/mol. The van der Waals surface area contributed by atoms with E-state index in [1.165, 1.54) is 22.0 Å². The summed E-state index contributed by atoms with van der Waals surface area (Å²) in [6.45, 7) is 4.35. The van der Waals surface area contributed by atoms with Crippen LogP contribution in [0.2, 0.25) is 0 Å². The molecule has 1 atom stereocenters. The van der Waals surface area contributed by atoms with Crippen LogP contribution in [-0.2, 0) is 7.05 Å². The second-order valence-electron chi connectivity index (χ2n) is 3.68. The molecule has 0 aliphatic heterocycles. The van der Waals surface area contributed by atoms with Crippen LogP contribution < -0.4 is 5.30 Å². The number of rotatable bonds is 2. The Morgan fingerprint density at radius 3 is 2.73 bits per heavy atom. The van der Waals surface area contributed by atoms with Crippen LogP contribution in [0, 0.1) is 6.92 Å². The molecule has 0 saturated heterocycles. The quantitative estimate of drug-likeness (QED) is 0.707. The SMILES string of the molecule is CPc1ccc(C)c(-c2cnn(C)c2)c1. The molecule has 0 spiro atoms. The fourth-order valence-corrected chi connectivity index (χ4v) is 2.19. The highest BCUT2D eigenvalue weighted by molar-refractivity contribution is 7.46. The first-order valence-electron chi connectivity index (χ1n) is 4.98. The van der Waals surface area contributed by atoms with Gasteiger partial charge in [-0.25, -0.2) is 0 Å². The molecule has 0 saturated carbocycles. The van der Waals surface area contributed by atoms with Crippen LogP contribution in [0.25, 0.3) is 11.1 Å². The molecule has 2 aromatic rings. The van der Waals surface area contributed by atoms with Gasteiger partial charge < -0.3 is 0 Å². The Kier molecular flexibility index (Phi) is 2.88. The third kappa shape index (κ3) is 2.10. The van der Waals surface area contributed by atoms with Crippen LogP contribution in [0.1, 0.15) is 5.56 Å². The fraction of sp³-hybridized carbons (Fsp3) is 0.250. The van der Waals surface area contributed by atoms with E-state index < -0.39 is 0 Å². The van der Waals surface area contributed by atoms with Crippen molar-refractivity contribution in [2.75, 3.05) is 6.66 Å². The van der Waals surface area contributed by atoms with Crippen molar-refractivity contribution in [3.05, 3.63) is 36.2 Å². The smallest absolute Gasteiger partial charge is 0.0568 e. The topological polar surface area (TPSA) is 17.8 Å². The largest absolute Gasteiger partial charge is 0.275 e. The highest BCUT2D eigenvalue weighted by Crippen LogP contribution is 2.23. The molecular formula is C12H15N2P. The lowest BCUT2D eigenvalue weighted by Gasteiger charge is -2.05. The number of hydrogen-bond donors (Lipinski definition) is 0. The molecule has 3 heteroatoms. The molecule has 0 bridgehead atoms. The van der Waals surface area contributed by atoms with Crippen molar-refractivity contribution in [1.82, 2.24) is 9.78 Å². The number of aromatic nitrogens is 2. The average Bonchev–Trinajstić information content (AvgIpc) is 2.65. The minimum atomic E-state index is 0.847. The summed E-state index contributed by atoms with van der Waals surface area (Å²) in [6.07, 6.45) is 3.98. The summed E-state index contributed by atoms with van der Waals surface area (Å²) in [4.78, 5) is 0. The molecule has 0 fully saturated rings. The number of hydrogen-bond acceptors (Lipinski definition) is 1. The Balaban J connectivity index is 2.51. The van der Waals surface area contributed by atoms with Gasteiger partial charge >= 0.3 is 0 Å². The third-order valence-corrected chi connectivity index (χ3v) is 3.43. The van der Waals surface area contributed by atoms with Crippen molar-refractivity contribution >= 4 is 13.9 Å². The van der Waals surface area contributed by atoms with E-state index in [2.05, 4.69) is 43.1 Å². The minimum absolute atomic E-state index is 0.847. The van der Waals surface area contributed by atoms with Crippen LogP contribution in [0.3, 0.4) is 0 Å². The van der Waals surface area contributed by atoms with E-state index in [1.54, 1.807) is 0 Å². The predicted molar refractivity (Wildman–Crippen MR) is 67.3 cm³/mol. The Bertz CT molecular complexity index is 474. The molecule has 0 aliphatic carbocycles. The summed E-state index contributed by atoms with van der Waals surface area (Å²) in [6, 6.07) is 6.66. The first-order chi connectivity index (χ1) is 7.20. The Morgan fingerprint density at radius 1 is 1.33 bits per heavy atom. The normalized spacial score (nSPS) is 11.4. The second kappa shape index (κ2) is 4.16. The van der Waals surface area contributed by atoms with Gasteiger partial charge in [0.05, 0.1) is 6.20 Å². The van der Waals surface area contributed by atoms with E-state index in [-0.39, 0.29) is 0 Å². The van der Waals surface area contributed by atoms with Crippen molar-refractivity contribution in [2.24, 2.45) is 7.05 Å². The van der Waals surface area contributed by atoms with E-state index in [1.807, 2.05) is 17.9 Å². The summed E-state index contributed by atoms with van der Waals surface area (Å²) in [5.41, 5.74) is 3.81. The Morgan fingerprint density at radius 2 is 2.13 bits per heavy atom. The van der Waals surface area contributed by atoms with Crippen molar-refractivity contribution < 1.29 is 0 Å². The van der Waals surface area contributed by atoms with Crippen LogP contribution >= 0.6 is 8.58 Å². The molecule has 0 N–H and O–H groups in total. The van der Waals surface area contributed by atoms with Gasteiger partial charge in [0, 0.05) is 18.8 Å². The second-order valence-corrected chi connectivity index (χ2v) is 4.76. The maximum absolute atomic E-state index is 4.21. The number of nitrogens with zero attached hydrogens (tertiary/aromatic N) is 2. The van der Waals surface area contributed by atoms with Gasteiger partial charge in [-0.3, -0.25) is 4.68 Å². The maximum Gasteiger partial charge on any atom is 0.0568 e. The minimum Gasteiger partial charge on any atom is -0.275 e. The summed E-state index contributed by atoms with van der Waals surface area (Å²) in [5.74, 6) is 0. The summed E-state index contributed by atoms with van der Waals surface area (Å²) in [7, 11) is 2.80. The van der Waals surface area contributed by atoms with Crippen molar-refractivity contribution in [3.63, 3.8) is 0 Å². The lowest BCUT2D eigenvalue weighted by molar-refractivity contribution is 0.768. The Hall–Kier alpha value is -1.14. The molecule has 78 valence electrons. The zero-order valence-electron chi connectivity index (χ0n) is 9.28. The third-order valence-electron chi connectivity index (χ3n) is 2.54. The summed E-state index contributed by atoms with van der Waals surface area (Å²) >= 11 is 0. The first-order valence-corrected chi connectivity index (χ1v) is 6.48. The van der Waals surface area contributed by atoms with Gasteiger partial charge in [-0.15, -0.1) is 0 Å². The van der Waals surface area contributed by atoms with Gasteiger partial charge in [0.2, 0.25) is 0 Å². The van der Waals surface area contributed by atoms with E-state index in [4.69, 9.17) is 0 Å².